The number of primary amides is 1. The molecule has 0 unspecified atom stereocenters. The average Bonchev–Trinajstić information content (AvgIpc) is 3.00. The molecule has 3 rings (SSSR count). The number of esters is 1. The van der Waals surface area contributed by atoms with Gasteiger partial charge in [0.2, 0.25) is 0 Å². The van der Waals surface area contributed by atoms with Crippen molar-refractivity contribution in [1.29, 1.82) is 0 Å². The van der Waals surface area contributed by atoms with E-state index in [0.717, 1.165) is 10.4 Å². The molecule has 0 aliphatic heterocycles. The second kappa shape index (κ2) is 9.12. The van der Waals surface area contributed by atoms with Crippen LogP contribution in [0.15, 0.2) is 58.2 Å². The monoisotopic (exact) mass is 492 g/mol. The van der Waals surface area contributed by atoms with Crippen LogP contribution in [0.4, 0.5) is 5.69 Å². The fourth-order valence-electron chi connectivity index (χ4n) is 3.23. The molecule has 33 heavy (non-hydrogen) atoms. The van der Waals surface area contributed by atoms with E-state index in [4.69, 9.17) is 22.1 Å². The van der Waals surface area contributed by atoms with Gasteiger partial charge < -0.3 is 10.5 Å². The lowest BCUT2D eigenvalue weighted by Gasteiger charge is -2.19. The van der Waals surface area contributed by atoms with Gasteiger partial charge in [-0.1, -0.05) is 29.8 Å². The minimum Gasteiger partial charge on any atom is -0.452 e. The minimum atomic E-state index is -4.37. The molecule has 12 heteroatoms. The predicted molar refractivity (Wildman–Crippen MR) is 122 cm³/mol. The standard InChI is InChI=1S/C21H21ClN4O6S/c1-13-19(20(28)26(24(13)2)15-7-5-4-6-8-15)25(3)33(30,31)17-11-14(9-10-16(17)22)21(29)32-12-18(23)27/h4-11H,12H2,1-3H3,(H2,23,27). The lowest BCUT2D eigenvalue weighted by atomic mass is 10.2. The van der Waals surface area contributed by atoms with Gasteiger partial charge in [-0.25, -0.2) is 17.9 Å². The Morgan fingerprint density at radius 2 is 1.79 bits per heavy atom. The van der Waals surface area contributed by atoms with Crippen LogP contribution in [0.2, 0.25) is 5.02 Å². The van der Waals surface area contributed by atoms with Crippen molar-refractivity contribution in [3.8, 4) is 5.69 Å². The maximum atomic E-state index is 13.4. The molecule has 0 radical (unpaired) electrons. The Labute approximate surface area is 194 Å². The fourth-order valence-corrected chi connectivity index (χ4v) is 4.98. The number of aromatic nitrogens is 2. The summed E-state index contributed by atoms with van der Waals surface area (Å²) in [5, 5.41) is -0.162. The summed E-state index contributed by atoms with van der Waals surface area (Å²) in [4.78, 5) is 35.8. The Bertz CT molecular complexity index is 1400. The van der Waals surface area contributed by atoms with Crippen LogP contribution in [-0.2, 0) is 26.6 Å². The minimum absolute atomic E-state index is 0.0841. The van der Waals surface area contributed by atoms with Gasteiger partial charge in [-0.3, -0.25) is 18.6 Å². The van der Waals surface area contributed by atoms with Crippen molar-refractivity contribution < 1.29 is 22.7 Å². The third kappa shape index (κ3) is 4.50. The van der Waals surface area contributed by atoms with Gasteiger partial charge >= 0.3 is 5.97 Å². The fraction of sp³-hybridized carbons (Fsp3) is 0.190. The molecule has 1 amide bonds. The number of hydrogen-bond donors (Lipinski definition) is 1. The summed E-state index contributed by atoms with van der Waals surface area (Å²) in [5.74, 6) is -1.81. The number of rotatable bonds is 7. The molecule has 2 aromatic carbocycles. The van der Waals surface area contributed by atoms with E-state index in [1.54, 1.807) is 44.3 Å². The van der Waals surface area contributed by atoms with Crippen molar-refractivity contribution in [2.45, 2.75) is 11.8 Å². The SMILES string of the molecule is Cc1c(N(C)S(=O)(=O)c2cc(C(=O)OCC(N)=O)ccc2Cl)c(=O)n(-c2ccccc2)n1C. The molecule has 0 spiro atoms. The van der Waals surface area contributed by atoms with Gasteiger partial charge in [0, 0.05) is 14.1 Å². The molecule has 10 nitrogen and oxygen atoms in total. The van der Waals surface area contributed by atoms with E-state index < -0.39 is 39.0 Å². The van der Waals surface area contributed by atoms with Gasteiger partial charge in [-0.15, -0.1) is 0 Å². The first kappa shape index (κ1) is 24.1. The van der Waals surface area contributed by atoms with Crippen molar-refractivity contribution in [1.82, 2.24) is 9.36 Å². The number of sulfonamides is 1. The molecular formula is C21H21ClN4O6S. The van der Waals surface area contributed by atoms with Crippen LogP contribution in [0.25, 0.3) is 5.69 Å². The van der Waals surface area contributed by atoms with Gasteiger partial charge in [0.1, 0.15) is 10.6 Å². The van der Waals surface area contributed by atoms with Crippen molar-refractivity contribution in [2.75, 3.05) is 18.0 Å². The first-order valence-corrected chi connectivity index (χ1v) is 11.4. The molecule has 0 fully saturated rings. The number of nitrogens with two attached hydrogens (primary N) is 1. The summed E-state index contributed by atoms with van der Waals surface area (Å²) in [6, 6.07) is 12.2. The maximum absolute atomic E-state index is 13.4. The van der Waals surface area contributed by atoms with Crippen LogP contribution in [0, 0.1) is 6.92 Å². The zero-order valence-electron chi connectivity index (χ0n) is 18.0. The molecule has 1 aromatic heterocycles. The van der Waals surface area contributed by atoms with Crippen molar-refractivity contribution >= 4 is 39.2 Å². The smallest absolute Gasteiger partial charge is 0.338 e. The highest BCUT2D eigenvalue weighted by Crippen LogP contribution is 2.29. The summed E-state index contributed by atoms with van der Waals surface area (Å²) in [7, 11) is -1.51. The number of amides is 1. The number of carbonyl (C=O) groups is 2. The van der Waals surface area contributed by atoms with Crippen molar-refractivity contribution in [3.63, 3.8) is 0 Å². The van der Waals surface area contributed by atoms with Gasteiger partial charge in [0.25, 0.3) is 21.5 Å². The molecule has 0 aliphatic rings. The van der Waals surface area contributed by atoms with Crippen LogP contribution in [0.1, 0.15) is 16.1 Å². The Morgan fingerprint density at radius 1 is 1.15 bits per heavy atom. The molecule has 2 N–H and O–H groups in total. The van der Waals surface area contributed by atoms with E-state index in [1.165, 1.54) is 28.5 Å². The van der Waals surface area contributed by atoms with Gasteiger partial charge in [0.15, 0.2) is 6.61 Å². The predicted octanol–water partition coefficient (Wildman–Crippen LogP) is 1.61. The van der Waals surface area contributed by atoms with E-state index in [9.17, 15) is 22.8 Å². The molecular weight excluding hydrogens is 472 g/mol. The number of ether oxygens (including phenoxy) is 1. The van der Waals surface area contributed by atoms with E-state index in [1.807, 2.05) is 0 Å². The van der Waals surface area contributed by atoms with E-state index >= 15 is 0 Å². The molecule has 3 aromatic rings. The Balaban J connectivity index is 2.08. The summed E-state index contributed by atoms with van der Waals surface area (Å²) < 4.78 is 35.3. The Kier molecular flexibility index (Phi) is 6.65. The number of hydrogen-bond acceptors (Lipinski definition) is 6. The Morgan fingerprint density at radius 3 is 2.39 bits per heavy atom. The molecule has 0 saturated heterocycles. The molecule has 0 saturated carbocycles. The summed E-state index contributed by atoms with van der Waals surface area (Å²) >= 11 is 6.14. The Hall–Kier alpha value is -3.57. The second-order valence-electron chi connectivity index (χ2n) is 7.07. The third-order valence-electron chi connectivity index (χ3n) is 4.99. The lowest BCUT2D eigenvalue weighted by Crippen LogP contribution is -2.32. The van der Waals surface area contributed by atoms with E-state index in [2.05, 4.69) is 0 Å². The highest BCUT2D eigenvalue weighted by atomic mass is 35.5. The number of nitrogens with zero attached hydrogens (tertiary/aromatic N) is 3. The first-order chi connectivity index (χ1) is 15.5. The number of anilines is 1. The van der Waals surface area contributed by atoms with Crippen LogP contribution in [0.3, 0.4) is 0 Å². The molecule has 1 heterocycles. The molecule has 0 aliphatic carbocycles. The average molecular weight is 493 g/mol. The third-order valence-corrected chi connectivity index (χ3v) is 7.23. The number of carbonyl (C=O) groups excluding carboxylic acids is 2. The molecule has 174 valence electrons. The largest absolute Gasteiger partial charge is 0.452 e. The molecule has 0 bridgehead atoms. The first-order valence-electron chi connectivity index (χ1n) is 9.54. The molecule has 0 atom stereocenters. The van der Waals surface area contributed by atoms with Gasteiger partial charge in [0.05, 0.1) is 22.0 Å². The van der Waals surface area contributed by atoms with E-state index in [0.29, 0.717) is 11.4 Å². The van der Waals surface area contributed by atoms with Gasteiger partial charge in [-0.05, 0) is 37.3 Å². The number of halogens is 1. The zero-order chi connectivity index (χ0) is 24.5. The van der Waals surface area contributed by atoms with Crippen molar-refractivity contribution in [3.05, 3.63) is 75.2 Å². The lowest BCUT2D eigenvalue weighted by molar-refractivity contribution is -0.121. The summed E-state index contributed by atoms with van der Waals surface area (Å²) in [5.41, 5.74) is 5.11. The van der Waals surface area contributed by atoms with Crippen LogP contribution >= 0.6 is 11.6 Å². The normalized spacial score (nSPS) is 11.3. The van der Waals surface area contributed by atoms with Crippen molar-refractivity contribution in [2.24, 2.45) is 12.8 Å². The van der Waals surface area contributed by atoms with Gasteiger partial charge in [-0.2, -0.15) is 0 Å². The topological polar surface area (TPSA) is 134 Å². The second-order valence-corrected chi connectivity index (χ2v) is 9.42. The highest BCUT2D eigenvalue weighted by Gasteiger charge is 2.31. The highest BCUT2D eigenvalue weighted by molar-refractivity contribution is 7.93. The summed E-state index contributed by atoms with van der Waals surface area (Å²) in [6.07, 6.45) is 0. The van der Waals surface area contributed by atoms with Crippen LogP contribution in [0.5, 0.6) is 0 Å². The van der Waals surface area contributed by atoms with E-state index in [-0.39, 0.29) is 16.3 Å². The van der Waals surface area contributed by atoms with Crippen LogP contribution < -0.4 is 15.6 Å². The quantitative estimate of drug-likeness (QED) is 0.498. The number of para-hydroxylation sites is 1. The van der Waals surface area contributed by atoms with Crippen LogP contribution in [-0.4, -0.2) is 43.3 Å². The summed E-state index contributed by atoms with van der Waals surface area (Å²) in [6.45, 7) is 0.951. The zero-order valence-corrected chi connectivity index (χ0v) is 19.6. The number of benzene rings is 2. The maximum Gasteiger partial charge on any atom is 0.338 e.